The molecular formula is C28H35NO7. The minimum Gasteiger partial charge on any atom is -0.507 e. The molecule has 1 amide bonds. The summed E-state index contributed by atoms with van der Waals surface area (Å²) in [5.74, 6) is -0.510. The molecule has 36 heavy (non-hydrogen) atoms. The van der Waals surface area contributed by atoms with E-state index in [2.05, 4.69) is 13.8 Å². The van der Waals surface area contributed by atoms with Gasteiger partial charge in [0.05, 0.1) is 24.8 Å². The van der Waals surface area contributed by atoms with Gasteiger partial charge in [-0.05, 0) is 67.6 Å². The van der Waals surface area contributed by atoms with Crippen LogP contribution in [0.15, 0.2) is 42.0 Å². The molecule has 194 valence electrons. The van der Waals surface area contributed by atoms with Gasteiger partial charge in [0.1, 0.15) is 11.5 Å². The van der Waals surface area contributed by atoms with Gasteiger partial charge in [-0.2, -0.15) is 0 Å². The quantitative estimate of drug-likeness (QED) is 0.202. The number of carbonyl (C=O) groups excluding carboxylic acids is 2. The van der Waals surface area contributed by atoms with Crippen molar-refractivity contribution < 1.29 is 34.0 Å². The predicted octanol–water partition coefficient (Wildman–Crippen LogP) is 4.59. The summed E-state index contributed by atoms with van der Waals surface area (Å²) < 4.78 is 16.4. The number of ether oxygens (including phenoxy) is 3. The first-order valence-electron chi connectivity index (χ1n) is 12.2. The molecule has 2 aromatic rings. The summed E-state index contributed by atoms with van der Waals surface area (Å²) in [6.45, 7) is 9.26. The average molecular weight is 498 g/mol. The summed E-state index contributed by atoms with van der Waals surface area (Å²) in [6.07, 6.45) is 0.511. The number of hydrogen-bond donors (Lipinski definition) is 2. The molecule has 0 aromatic heterocycles. The fraction of sp³-hybridized carbons (Fsp3) is 0.429. The zero-order chi connectivity index (χ0) is 26.4. The van der Waals surface area contributed by atoms with E-state index in [0.29, 0.717) is 54.6 Å². The number of amides is 1. The maximum absolute atomic E-state index is 13.2. The van der Waals surface area contributed by atoms with Gasteiger partial charge < -0.3 is 29.3 Å². The van der Waals surface area contributed by atoms with E-state index in [1.165, 1.54) is 11.0 Å². The Morgan fingerprint density at radius 1 is 1.11 bits per heavy atom. The van der Waals surface area contributed by atoms with Crippen LogP contribution in [0.5, 0.6) is 17.2 Å². The van der Waals surface area contributed by atoms with Crippen LogP contribution in [0.3, 0.4) is 0 Å². The molecule has 8 nitrogen and oxygen atoms in total. The maximum Gasteiger partial charge on any atom is 0.295 e. The van der Waals surface area contributed by atoms with Gasteiger partial charge in [0, 0.05) is 25.8 Å². The van der Waals surface area contributed by atoms with Crippen LogP contribution in [-0.2, 0) is 14.3 Å². The number of aliphatic hydroxyl groups is 1. The van der Waals surface area contributed by atoms with E-state index in [-0.39, 0.29) is 29.4 Å². The molecule has 0 spiro atoms. The maximum atomic E-state index is 13.2. The second-order valence-corrected chi connectivity index (χ2v) is 9.18. The summed E-state index contributed by atoms with van der Waals surface area (Å²) in [5, 5.41) is 21.6. The van der Waals surface area contributed by atoms with Crippen LogP contribution in [0.2, 0.25) is 0 Å². The van der Waals surface area contributed by atoms with Crippen molar-refractivity contribution in [1.82, 2.24) is 4.90 Å². The zero-order valence-corrected chi connectivity index (χ0v) is 21.5. The number of benzene rings is 2. The third-order valence-corrected chi connectivity index (χ3v) is 5.92. The van der Waals surface area contributed by atoms with E-state index < -0.39 is 17.7 Å². The second kappa shape index (κ2) is 11.9. The van der Waals surface area contributed by atoms with Crippen molar-refractivity contribution in [3.8, 4) is 17.2 Å². The molecule has 0 bridgehead atoms. The molecule has 1 aliphatic heterocycles. The van der Waals surface area contributed by atoms with Crippen molar-refractivity contribution >= 4 is 17.4 Å². The number of ketones is 1. The van der Waals surface area contributed by atoms with Crippen molar-refractivity contribution in [2.45, 2.75) is 40.2 Å². The number of aryl methyl sites for hydroxylation is 1. The lowest BCUT2D eigenvalue weighted by molar-refractivity contribution is -0.140. The Balaban J connectivity index is 2.11. The molecule has 2 N–H and O–H groups in total. The van der Waals surface area contributed by atoms with Crippen LogP contribution >= 0.6 is 0 Å². The third-order valence-electron chi connectivity index (χ3n) is 5.92. The summed E-state index contributed by atoms with van der Waals surface area (Å²) in [4.78, 5) is 27.8. The van der Waals surface area contributed by atoms with E-state index >= 15 is 0 Å². The highest BCUT2D eigenvalue weighted by Crippen LogP contribution is 2.42. The Labute approximate surface area is 212 Å². The first-order chi connectivity index (χ1) is 17.2. The monoisotopic (exact) mass is 497 g/mol. The number of aromatic hydroxyl groups is 1. The molecular weight excluding hydrogens is 462 g/mol. The summed E-state index contributed by atoms with van der Waals surface area (Å²) >= 11 is 0. The van der Waals surface area contributed by atoms with Gasteiger partial charge in [0.2, 0.25) is 0 Å². The Morgan fingerprint density at radius 3 is 2.50 bits per heavy atom. The molecule has 8 heteroatoms. The van der Waals surface area contributed by atoms with Crippen LogP contribution in [0.4, 0.5) is 0 Å². The highest BCUT2D eigenvalue weighted by molar-refractivity contribution is 6.46. The summed E-state index contributed by atoms with van der Waals surface area (Å²) in [5.41, 5.74) is 1.68. The van der Waals surface area contributed by atoms with Gasteiger partial charge in [-0.3, -0.25) is 9.59 Å². The van der Waals surface area contributed by atoms with Crippen LogP contribution in [0.25, 0.3) is 5.76 Å². The molecule has 1 heterocycles. The normalized spacial score (nSPS) is 17.2. The molecule has 1 aliphatic rings. The van der Waals surface area contributed by atoms with E-state index in [1.54, 1.807) is 44.4 Å². The van der Waals surface area contributed by atoms with Crippen molar-refractivity contribution in [3.05, 3.63) is 58.7 Å². The lowest BCUT2D eigenvalue weighted by Crippen LogP contribution is -2.31. The molecule has 1 unspecified atom stereocenters. The standard InChI is InChI=1S/C28H35NO7/c1-6-35-23-15-19(8-11-22(23)30)25-24(27(32)28(33)29(25)12-7-13-34-5)26(31)21-10-9-20(14-18(21)4)36-16-17(2)3/h8-11,14-15,17,25,30-31H,6-7,12-13,16H2,1-5H3. The van der Waals surface area contributed by atoms with Crippen LogP contribution in [-0.4, -0.2) is 60.3 Å². The topological polar surface area (TPSA) is 106 Å². The third kappa shape index (κ3) is 5.82. The van der Waals surface area contributed by atoms with Crippen molar-refractivity contribution in [2.75, 3.05) is 33.5 Å². The number of hydrogen-bond acceptors (Lipinski definition) is 7. The lowest BCUT2D eigenvalue weighted by Gasteiger charge is -2.26. The number of Topliss-reactive ketones (excluding diaryl/α,β-unsaturated/α-hetero) is 1. The predicted molar refractivity (Wildman–Crippen MR) is 136 cm³/mol. The van der Waals surface area contributed by atoms with Crippen molar-refractivity contribution in [1.29, 1.82) is 0 Å². The fourth-order valence-electron chi connectivity index (χ4n) is 4.21. The largest absolute Gasteiger partial charge is 0.507 e. The number of carbonyl (C=O) groups is 2. The Bertz CT molecular complexity index is 1140. The van der Waals surface area contributed by atoms with Gasteiger partial charge >= 0.3 is 0 Å². The molecule has 1 saturated heterocycles. The Hall–Kier alpha value is -3.52. The number of phenols is 1. The van der Waals surface area contributed by atoms with Gasteiger partial charge in [-0.1, -0.05) is 19.9 Å². The highest BCUT2D eigenvalue weighted by Gasteiger charge is 2.46. The van der Waals surface area contributed by atoms with Crippen LogP contribution in [0.1, 0.15) is 49.9 Å². The van der Waals surface area contributed by atoms with E-state index in [4.69, 9.17) is 14.2 Å². The number of methoxy groups -OCH3 is 1. The second-order valence-electron chi connectivity index (χ2n) is 9.18. The highest BCUT2D eigenvalue weighted by atomic mass is 16.5. The first kappa shape index (κ1) is 27.1. The SMILES string of the molecule is CCOc1cc(C2C(=C(O)c3ccc(OCC(C)C)cc3C)C(=O)C(=O)N2CCCOC)ccc1O. The molecule has 1 atom stereocenters. The molecule has 2 aromatic carbocycles. The van der Waals surface area contributed by atoms with Crippen molar-refractivity contribution in [3.63, 3.8) is 0 Å². The van der Waals surface area contributed by atoms with Crippen molar-refractivity contribution in [2.24, 2.45) is 5.92 Å². The van der Waals surface area contributed by atoms with Crippen LogP contribution in [0, 0.1) is 12.8 Å². The minimum atomic E-state index is -0.849. The van der Waals surface area contributed by atoms with Gasteiger partial charge in [-0.25, -0.2) is 0 Å². The number of likely N-dealkylation sites (tertiary alicyclic amines) is 1. The molecule has 0 saturated carbocycles. The molecule has 0 radical (unpaired) electrons. The fourth-order valence-corrected chi connectivity index (χ4v) is 4.21. The number of rotatable bonds is 11. The first-order valence-corrected chi connectivity index (χ1v) is 12.2. The van der Waals surface area contributed by atoms with Gasteiger partial charge in [-0.15, -0.1) is 0 Å². The molecule has 3 rings (SSSR count). The smallest absolute Gasteiger partial charge is 0.295 e. The average Bonchev–Trinajstić information content (AvgIpc) is 3.09. The van der Waals surface area contributed by atoms with Gasteiger partial charge in [0.15, 0.2) is 11.5 Å². The molecule has 0 aliphatic carbocycles. The van der Waals surface area contributed by atoms with E-state index in [1.807, 2.05) is 6.92 Å². The zero-order valence-electron chi connectivity index (χ0n) is 21.5. The number of aliphatic hydroxyl groups excluding tert-OH is 1. The Kier molecular flexibility index (Phi) is 8.98. The number of phenolic OH excluding ortho intramolecular Hbond substituents is 1. The van der Waals surface area contributed by atoms with Crippen LogP contribution < -0.4 is 9.47 Å². The van der Waals surface area contributed by atoms with Gasteiger partial charge in [0.25, 0.3) is 11.7 Å². The number of nitrogens with zero attached hydrogens (tertiary/aromatic N) is 1. The Morgan fingerprint density at radius 2 is 1.86 bits per heavy atom. The van der Waals surface area contributed by atoms with E-state index in [9.17, 15) is 19.8 Å². The molecule has 1 fully saturated rings. The summed E-state index contributed by atoms with van der Waals surface area (Å²) in [6, 6.07) is 9.07. The summed E-state index contributed by atoms with van der Waals surface area (Å²) in [7, 11) is 1.57. The van der Waals surface area contributed by atoms with E-state index in [0.717, 1.165) is 0 Å². The lowest BCUT2D eigenvalue weighted by atomic mass is 9.93. The minimum absolute atomic E-state index is 0.00972.